The summed E-state index contributed by atoms with van der Waals surface area (Å²) in [6, 6.07) is 6.38. The number of benzene rings is 1. The fourth-order valence-corrected chi connectivity index (χ4v) is 3.65. The molecule has 0 aliphatic carbocycles. The van der Waals surface area contributed by atoms with Crippen molar-refractivity contribution in [3.63, 3.8) is 0 Å². The van der Waals surface area contributed by atoms with Gasteiger partial charge in [0.25, 0.3) is 5.91 Å². The highest BCUT2D eigenvalue weighted by molar-refractivity contribution is 6.01. The summed E-state index contributed by atoms with van der Waals surface area (Å²) in [5.41, 5.74) is 8.36. The summed E-state index contributed by atoms with van der Waals surface area (Å²) < 4.78 is 0. The second kappa shape index (κ2) is 7.24. The summed E-state index contributed by atoms with van der Waals surface area (Å²) in [6.07, 6.45) is 2.29. The van der Waals surface area contributed by atoms with Gasteiger partial charge < -0.3 is 15.5 Å². The molecule has 128 valence electrons. The summed E-state index contributed by atoms with van der Waals surface area (Å²) in [5.74, 6) is 0.689. The quantitative estimate of drug-likeness (QED) is 0.860. The third kappa shape index (κ3) is 3.98. The normalized spacial score (nSPS) is 18.6. The van der Waals surface area contributed by atoms with Gasteiger partial charge in [0.2, 0.25) is 0 Å². The van der Waals surface area contributed by atoms with E-state index in [4.69, 9.17) is 5.73 Å². The monoisotopic (exact) mass is 317 g/mol. The van der Waals surface area contributed by atoms with Crippen LogP contribution >= 0.6 is 0 Å². The molecule has 1 heterocycles. The Bertz CT molecular complexity index is 546. The SMILES string of the molecule is CC1CCCN(C(=O)c2cc(N)ccc2N(C(C)C)C(C)C)C1. The van der Waals surface area contributed by atoms with Gasteiger partial charge in [-0.15, -0.1) is 0 Å². The molecule has 23 heavy (non-hydrogen) atoms. The molecule has 1 aromatic carbocycles. The van der Waals surface area contributed by atoms with Gasteiger partial charge in [-0.2, -0.15) is 0 Å². The van der Waals surface area contributed by atoms with Gasteiger partial charge in [-0.05, 0) is 64.7 Å². The Kier molecular flexibility index (Phi) is 5.55. The standard InChI is InChI=1S/C19H31N3O/c1-13(2)22(14(3)4)18-9-8-16(20)11-17(18)19(23)21-10-6-7-15(5)12-21/h8-9,11,13-15H,6-7,10,12,20H2,1-5H3. The average Bonchev–Trinajstić information content (AvgIpc) is 2.47. The van der Waals surface area contributed by atoms with Crippen molar-refractivity contribution in [3.05, 3.63) is 23.8 Å². The van der Waals surface area contributed by atoms with Crippen LogP contribution in [0.2, 0.25) is 0 Å². The molecular formula is C19H31N3O. The van der Waals surface area contributed by atoms with E-state index in [1.807, 2.05) is 23.1 Å². The molecular weight excluding hydrogens is 286 g/mol. The first-order chi connectivity index (χ1) is 10.8. The van der Waals surface area contributed by atoms with E-state index in [1.165, 1.54) is 6.42 Å². The third-order valence-electron chi connectivity index (χ3n) is 4.59. The summed E-state index contributed by atoms with van der Waals surface area (Å²) in [7, 11) is 0. The highest BCUT2D eigenvalue weighted by Crippen LogP contribution is 2.29. The molecule has 0 radical (unpaired) electrons. The number of hydrogen-bond acceptors (Lipinski definition) is 3. The van der Waals surface area contributed by atoms with Crippen LogP contribution in [0.25, 0.3) is 0 Å². The third-order valence-corrected chi connectivity index (χ3v) is 4.59. The molecule has 0 bridgehead atoms. The van der Waals surface area contributed by atoms with Crippen molar-refractivity contribution in [3.8, 4) is 0 Å². The molecule has 1 aliphatic rings. The van der Waals surface area contributed by atoms with Gasteiger partial charge in [-0.3, -0.25) is 4.79 Å². The smallest absolute Gasteiger partial charge is 0.256 e. The van der Waals surface area contributed by atoms with Crippen LogP contribution in [-0.4, -0.2) is 36.0 Å². The van der Waals surface area contributed by atoms with E-state index in [2.05, 4.69) is 39.5 Å². The molecule has 2 rings (SSSR count). The first kappa shape index (κ1) is 17.6. The Morgan fingerprint density at radius 3 is 2.48 bits per heavy atom. The van der Waals surface area contributed by atoms with E-state index in [0.717, 1.165) is 30.8 Å². The van der Waals surface area contributed by atoms with Crippen LogP contribution in [0.1, 0.15) is 57.8 Å². The number of nitrogens with two attached hydrogens (primary N) is 1. The number of carbonyl (C=O) groups excluding carboxylic acids is 1. The number of nitrogen functional groups attached to an aromatic ring is 1. The maximum absolute atomic E-state index is 13.1. The van der Waals surface area contributed by atoms with Gasteiger partial charge in [0.05, 0.1) is 11.3 Å². The van der Waals surface area contributed by atoms with Crippen LogP contribution in [0.4, 0.5) is 11.4 Å². The minimum Gasteiger partial charge on any atom is -0.399 e. The number of amides is 1. The molecule has 1 unspecified atom stereocenters. The van der Waals surface area contributed by atoms with E-state index in [9.17, 15) is 4.79 Å². The van der Waals surface area contributed by atoms with Crippen molar-refractivity contribution in [1.29, 1.82) is 0 Å². The first-order valence-corrected chi connectivity index (χ1v) is 8.78. The van der Waals surface area contributed by atoms with Crippen LogP contribution in [-0.2, 0) is 0 Å². The fourth-order valence-electron chi connectivity index (χ4n) is 3.65. The lowest BCUT2D eigenvalue weighted by atomic mass is 9.98. The van der Waals surface area contributed by atoms with Gasteiger partial charge in [0.15, 0.2) is 0 Å². The minimum absolute atomic E-state index is 0.116. The number of carbonyl (C=O) groups is 1. The van der Waals surface area contributed by atoms with Gasteiger partial charge in [-0.25, -0.2) is 0 Å². The van der Waals surface area contributed by atoms with Gasteiger partial charge in [0.1, 0.15) is 0 Å². The molecule has 1 saturated heterocycles. The molecule has 1 amide bonds. The van der Waals surface area contributed by atoms with Crippen LogP contribution in [0.5, 0.6) is 0 Å². The highest BCUT2D eigenvalue weighted by atomic mass is 16.2. The Hall–Kier alpha value is -1.71. The lowest BCUT2D eigenvalue weighted by Gasteiger charge is -2.36. The molecule has 1 atom stereocenters. The van der Waals surface area contributed by atoms with Gasteiger partial charge >= 0.3 is 0 Å². The molecule has 1 fully saturated rings. The maximum Gasteiger partial charge on any atom is 0.256 e. The zero-order valence-corrected chi connectivity index (χ0v) is 15.2. The maximum atomic E-state index is 13.1. The molecule has 2 N–H and O–H groups in total. The molecule has 4 nitrogen and oxygen atoms in total. The van der Waals surface area contributed by atoms with E-state index >= 15 is 0 Å². The second-order valence-electron chi connectivity index (χ2n) is 7.37. The minimum atomic E-state index is 0.116. The van der Waals surface area contributed by atoms with Crippen molar-refractivity contribution in [2.45, 2.75) is 59.5 Å². The van der Waals surface area contributed by atoms with E-state index < -0.39 is 0 Å². The van der Waals surface area contributed by atoms with Gasteiger partial charge in [-0.1, -0.05) is 6.92 Å². The highest BCUT2D eigenvalue weighted by Gasteiger charge is 2.27. The van der Waals surface area contributed by atoms with Crippen molar-refractivity contribution in [1.82, 2.24) is 4.90 Å². The van der Waals surface area contributed by atoms with E-state index in [1.54, 1.807) is 0 Å². The molecule has 4 heteroatoms. The van der Waals surface area contributed by atoms with Crippen LogP contribution in [0.15, 0.2) is 18.2 Å². The second-order valence-corrected chi connectivity index (χ2v) is 7.37. The number of likely N-dealkylation sites (tertiary alicyclic amines) is 1. The Balaban J connectivity index is 2.40. The molecule has 0 saturated carbocycles. The van der Waals surface area contributed by atoms with Crippen molar-refractivity contribution in [2.75, 3.05) is 23.7 Å². The Morgan fingerprint density at radius 2 is 1.91 bits per heavy atom. The van der Waals surface area contributed by atoms with E-state index in [0.29, 0.717) is 23.7 Å². The van der Waals surface area contributed by atoms with Gasteiger partial charge in [0, 0.05) is 30.9 Å². The number of piperidine rings is 1. The van der Waals surface area contributed by atoms with Crippen LogP contribution < -0.4 is 10.6 Å². The van der Waals surface area contributed by atoms with Crippen molar-refractivity contribution in [2.24, 2.45) is 5.92 Å². The Morgan fingerprint density at radius 1 is 1.26 bits per heavy atom. The van der Waals surface area contributed by atoms with Crippen molar-refractivity contribution < 1.29 is 4.79 Å². The summed E-state index contributed by atoms with van der Waals surface area (Å²) in [6.45, 7) is 12.5. The molecule has 1 aromatic rings. The summed E-state index contributed by atoms with van der Waals surface area (Å²) in [4.78, 5) is 17.4. The van der Waals surface area contributed by atoms with E-state index in [-0.39, 0.29) is 5.91 Å². The molecule has 1 aliphatic heterocycles. The molecule has 0 spiro atoms. The predicted molar refractivity (Wildman–Crippen MR) is 97.9 cm³/mol. The summed E-state index contributed by atoms with van der Waals surface area (Å²) in [5, 5.41) is 0. The van der Waals surface area contributed by atoms with Crippen molar-refractivity contribution >= 4 is 17.3 Å². The fraction of sp³-hybridized carbons (Fsp3) is 0.632. The topological polar surface area (TPSA) is 49.6 Å². The Labute approximate surface area is 140 Å². The average molecular weight is 317 g/mol. The summed E-state index contributed by atoms with van der Waals surface area (Å²) >= 11 is 0. The largest absolute Gasteiger partial charge is 0.399 e. The molecule has 0 aromatic heterocycles. The van der Waals surface area contributed by atoms with Crippen LogP contribution in [0, 0.1) is 5.92 Å². The predicted octanol–water partition coefficient (Wildman–Crippen LogP) is 3.76. The lowest BCUT2D eigenvalue weighted by Crippen LogP contribution is -2.42. The number of nitrogens with zero attached hydrogens (tertiary/aromatic N) is 2. The number of anilines is 2. The number of hydrogen-bond donors (Lipinski definition) is 1. The number of rotatable bonds is 4. The zero-order chi connectivity index (χ0) is 17.1. The zero-order valence-electron chi connectivity index (χ0n) is 15.2. The first-order valence-electron chi connectivity index (χ1n) is 8.78. The van der Waals surface area contributed by atoms with Crippen LogP contribution in [0.3, 0.4) is 0 Å². The lowest BCUT2D eigenvalue weighted by molar-refractivity contribution is 0.0683.